The molecule has 0 atom stereocenters. The molecule has 1 aliphatic heterocycles. The van der Waals surface area contributed by atoms with Gasteiger partial charge in [-0.2, -0.15) is 0 Å². The van der Waals surface area contributed by atoms with Crippen LogP contribution in [-0.4, -0.2) is 12.1 Å². The summed E-state index contributed by atoms with van der Waals surface area (Å²) < 4.78 is 0. The van der Waals surface area contributed by atoms with Crippen LogP contribution in [0.25, 0.3) is 0 Å². The molecule has 1 heteroatoms. The first-order valence-corrected chi connectivity index (χ1v) is 4.66. The minimum atomic E-state index is 0.623. The zero-order chi connectivity index (χ0) is 6.86. The molecule has 58 valence electrons. The van der Waals surface area contributed by atoms with Gasteiger partial charge in [-0.25, -0.2) is 0 Å². The SMILES string of the molecule is C1CCC2(CCCC2)NC1. The van der Waals surface area contributed by atoms with Gasteiger partial charge in [0.1, 0.15) is 0 Å². The molecule has 0 radical (unpaired) electrons. The van der Waals surface area contributed by atoms with Crippen molar-refractivity contribution in [2.24, 2.45) is 0 Å². The number of hydrogen-bond donors (Lipinski definition) is 1. The van der Waals surface area contributed by atoms with E-state index in [2.05, 4.69) is 5.32 Å². The molecule has 0 unspecified atom stereocenters. The third-order valence-electron chi connectivity index (χ3n) is 3.14. The van der Waals surface area contributed by atoms with E-state index in [1.807, 2.05) is 0 Å². The highest BCUT2D eigenvalue weighted by Gasteiger charge is 2.33. The van der Waals surface area contributed by atoms with Gasteiger partial charge in [0, 0.05) is 5.54 Å². The number of nitrogens with one attached hydrogen (secondary N) is 1. The minimum absolute atomic E-state index is 0.623. The second kappa shape index (κ2) is 2.54. The lowest BCUT2D eigenvalue weighted by Crippen LogP contribution is -2.45. The highest BCUT2D eigenvalue weighted by molar-refractivity contribution is 4.94. The minimum Gasteiger partial charge on any atom is -0.311 e. The fourth-order valence-corrected chi connectivity index (χ4v) is 2.51. The molecule has 1 aliphatic carbocycles. The van der Waals surface area contributed by atoms with E-state index in [0.29, 0.717) is 5.54 Å². The summed E-state index contributed by atoms with van der Waals surface area (Å²) in [6.45, 7) is 1.28. The maximum Gasteiger partial charge on any atom is 0.0181 e. The molecular weight excluding hydrogens is 122 g/mol. The Kier molecular flexibility index (Phi) is 1.69. The average molecular weight is 139 g/mol. The number of hydrogen-bond acceptors (Lipinski definition) is 1. The van der Waals surface area contributed by atoms with E-state index in [4.69, 9.17) is 0 Å². The van der Waals surface area contributed by atoms with Gasteiger partial charge < -0.3 is 5.32 Å². The largest absolute Gasteiger partial charge is 0.311 e. The quantitative estimate of drug-likeness (QED) is 0.541. The van der Waals surface area contributed by atoms with Crippen molar-refractivity contribution in [1.82, 2.24) is 5.32 Å². The number of piperidine rings is 1. The lowest BCUT2D eigenvalue weighted by atomic mass is 9.88. The van der Waals surface area contributed by atoms with Crippen molar-refractivity contribution in [1.29, 1.82) is 0 Å². The Hall–Kier alpha value is -0.0400. The topological polar surface area (TPSA) is 12.0 Å². The molecule has 1 saturated heterocycles. The van der Waals surface area contributed by atoms with E-state index in [0.717, 1.165) is 0 Å². The Morgan fingerprint density at radius 1 is 0.800 bits per heavy atom. The van der Waals surface area contributed by atoms with Crippen molar-refractivity contribution < 1.29 is 0 Å². The summed E-state index contributed by atoms with van der Waals surface area (Å²) >= 11 is 0. The Bertz CT molecular complexity index is 106. The van der Waals surface area contributed by atoms with Crippen molar-refractivity contribution in [3.05, 3.63) is 0 Å². The molecule has 0 aromatic carbocycles. The lowest BCUT2D eigenvalue weighted by Gasteiger charge is -2.34. The van der Waals surface area contributed by atoms with Crippen LogP contribution in [0.2, 0.25) is 0 Å². The van der Waals surface area contributed by atoms with Crippen LogP contribution in [0.5, 0.6) is 0 Å². The van der Waals surface area contributed by atoms with Crippen molar-refractivity contribution in [2.75, 3.05) is 6.54 Å². The zero-order valence-electron chi connectivity index (χ0n) is 6.66. The summed E-state index contributed by atoms with van der Waals surface area (Å²) in [6.07, 6.45) is 10.2. The van der Waals surface area contributed by atoms with Crippen molar-refractivity contribution in [3.8, 4) is 0 Å². The van der Waals surface area contributed by atoms with E-state index in [1.165, 1.54) is 51.5 Å². The lowest BCUT2D eigenvalue weighted by molar-refractivity contribution is 0.260. The van der Waals surface area contributed by atoms with Gasteiger partial charge in [0.05, 0.1) is 0 Å². The Morgan fingerprint density at radius 3 is 1.90 bits per heavy atom. The Labute approximate surface area is 63.2 Å². The van der Waals surface area contributed by atoms with Gasteiger partial charge in [-0.1, -0.05) is 19.3 Å². The summed E-state index contributed by atoms with van der Waals surface area (Å²) in [7, 11) is 0. The van der Waals surface area contributed by atoms with E-state index in [1.54, 1.807) is 0 Å². The summed E-state index contributed by atoms with van der Waals surface area (Å²) in [4.78, 5) is 0. The van der Waals surface area contributed by atoms with Crippen LogP contribution in [0, 0.1) is 0 Å². The van der Waals surface area contributed by atoms with Gasteiger partial charge in [-0.3, -0.25) is 0 Å². The van der Waals surface area contributed by atoms with Crippen LogP contribution >= 0.6 is 0 Å². The molecule has 1 spiro atoms. The van der Waals surface area contributed by atoms with Gasteiger partial charge in [0.25, 0.3) is 0 Å². The first kappa shape index (κ1) is 6.66. The van der Waals surface area contributed by atoms with Crippen molar-refractivity contribution >= 4 is 0 Å². The molecule has 1 N–H and O–H groups in total. The predicted octanol–water partition coefficient (Wildman–Crippen LogP) is 2.07. The standard InChI is InChI=1S/C9H17N/c1-2-6-9(5-1)7-3-4-8-10-9/h10H,1-8H2. The molecule has 2 fully saturated rings. The maximum absolute atomic E-state index is 3.69. The molecule has 1 saturated carbocycles. The van der Waals surface area contributed by atoms with Crippen LogP contribution in [0.4, 0.5) is 0 Å². The molecule has 0 bridgehead atoms. The van der Waals surface area contributed by atoms with Gasteiger partial charge >= 0.3 is 0 Å². The molecule has 0 aromatic rings. The van der Waals surface area contributed by atoms with Crippen LogP contribution in [-0.2, 0) is 0 Å². The monoisotopic (exact) mass is 139 g/mol. The van der Waals surface area contributed by atoms with Crippen LogP contribution in [0.15, 0.2) is 0 Å². The highest BCUT2D eigenvalue weighted by Crippen LogP contribution is 2.35. The third-order valence-corrected chi connectivity index (χ3v) is 3.14. The molecule has 2 aliphatic rings. The molecule has 2 rings (SSSR count). The normalized spacial score (nSPS) is 31.2. The van der Waals surface area contributed by atoms with Crippen molar-refractivity contribution in [2.45, 2.75) is 50.5 Å². The zero-order valence-corrected chi connectivity index (χ0v) is 6.66. The molecule has 1 nitrogen and oxygen atoms in total. The molecule has 0 aromatic heterocycles. The smallest absolute Gasteiger partial charge is 0.0181 e. The summed E-state index contributed by atoms with van der Waals surface area (Å²) in [5.41, 5.74) is 0.623. The average Bonchev–Trinajstić information content (AvgIpc) is 2.39. The first-order chi connectivity index (χ1) is 4.91. The fourth-order valence-electron chi connectivity index (χ4n) is 2.51. The maximum atomic E-state index is 3.69. The molecule has 1 heterocycles. The summed E-state index contributed by atoms with van der Waals surface area (Å²) in [5, 5.41) is 3.69. The van der Waals surface area contributed by atoms with E-state index in [9.17, 15) is 0 Å². The van der Waals surface area contributed by atoms with Crippen LogP contribution in [0.3, 0.4) is 0 Å². The molecular formula is C9H17N. The van der Waals surface area contributed by atoms with Gasteiger partial charge in [0.2, 0.25) is 0 Å². The van der Waals surface area contributed by atoms with Gasteiger partial charge in [0.15, 0.2) is 0 Å². The summed E-state index contributed by atoms with van der Waals surface area (Å²) in [6, 6.07) is 0. The highest BCUT2D eigenvalue weighted by atomic mass is 15.0. The first-order valence-electron chi connectivity index (χ1n) is 4.66. The second-order valence-electron chi connectivity index (χ2n) is 3.87. The number of rotatable bonds is 0. The van der Waals surface area contributed by atoms with E-state index >= 15 is 0 Å². The molecule has 0 amide bonds. The van der Waals surface area contributed by atoms with Gasteiger partial charge in [-0.05, 0) is 32.2 Å². The van der Waals surface area contributed by atoms with E-state index < -0.39 is 0 Å². The van der Waals surface area contributed by atoms with Gasteiger partial charge in [-0.15, -0.1) is 0 Å². The van der Waals surface area contributed by atoms with E-state index in [-0.39, 0.29) is 0 Å². The summed E-state index contributed by atoms with van der Waals surface area (Å²) in [5.74, 6) is 0. The second-order valence-corrected chi connectivity index (χ2v) is 3.87. The molecule has 10 heavy (non-hydrogen) atoms. The Morgan fingerprint density at radius 2 is 1.40 bits per heavy atom. The van der Waals surface area contributed by atoms with Crippen molar-refractivity contribution in [3.63, 3.8) is 0 Å². The third kappa shape index (κ3) is 1.07. The predicted molar refractivity (Wildman–Crippen MR) is 43.1 cm³/mol. The van der Waals surface area contributed by atoms with Crippen LogP contribution < -0.4 is 5.32 Å². The van der Waals surface area contributed by atoms with Crippen LogP contribution in [0.1, 0.15) is 44.9 Å². The fraction of sp³-hybridized carbons (Fsp3) is 1.00. The Balaban J connectivity index is 1.98.